The summed E-state index contributed by atoms with van der Waals surface area (Å²) < 4.78 is 0. The first-order chi connectivity index (χ1) is 25.2. The number of rotatable bonds is 5. The highest BCUT2D eigenvalue weighted by atomic mass is 14.7. The highest BCUT2D eigenvalue weighted by molar-refractivity contribution is 5.33. The van der Waals surface area contributed by atoms with Crippen molar-refractivity contribution in [1.29, 1.82) is 0 Å². The van der Waals surface area contributed by atoms with Crippen LogP contribution in [0.5, 0.6) is 0 Å². The van der Waals surface area contributed by atoms with E-state index in [-0.39, 0.29) is 16.2 Å². The monoisotopic (exact) mass is 727 g/mol. The minimum Gasteiger partial charge on any atom is -0.0622 e. The normalized spacial score (nSPS) is 35.4. The molecule has 4 fully saturated rings. The predicted octanol–water partition coefficient (Wildman–Crippen LogP) is 15.4. The van der Waals surface area contributed by atoms with Crippen LogP contribution in [-0.2, 0) is 5.41 Å². The quantitative estimate of drug-likeness (QED) is 0.246. The van der Waals surface area contributed by atoms with Crippen LogP contribution >= 0.6 is 0 Å². The second-order valence-electron chi connectivity index (χ2n) is 23.7. The molecular formula is C54H78. The van der Waals surface area contributed by atoms with Crippen molar-refractivity contribution in [2.75, 3.05) is 0 Å². The molecule has 0 heterocycles. The van der Waals surface area contributed by atoms with Crippen molar-refractivity contribution in [2.45, 2.75) is 152 Å². The van der Waals surface area contributed by atoms with Gasteiger partial charge in [0, 0.05) is 0 Å². The van der Waals surface area contributed by atoms with Crippen LogP contribution in [0.15, 0.2) is 84.9 Å². The summed E-state index contributed by atoms with van der Waals surface area (Å²) in [6, 6.07) is 34.0. The van der Waals surface area contributed by atoms with E-state index in [1.54, 1.807) is 16.7 Å². The van der Waals surface area contributed by atoms with Crippen molar-refractivity contribution in [3.8, 4) is 0 Å². The highest BCUT2D eigenvalue weighted by Gasteiger charge is 2.62. The van der Waals surface area contributed by atoms with Crippen LogP contribution in [0.25, 0.3) is 0 Å². The summed E-state index contributed by atoms with van der Waals surface area (Å²) in [6.45, 7) is 32.8. The molecule has 294 valence electrons. The highest BCUT2D eigenvalue weighted by Crippen LogP contribution is 2.70. The van der Waals surface area contributed by atoms with Crippen LogP contribution in [0.4, 0.5) is 0 Å². The zero-order valence-electron chi connectivity index (χ0n) is 36.8. The minimum absolute atomic E-state index is 0.165. The summed E-state index contributed by atoms with van der Waals surface area (Å²) in [5, 5.41) is 0. The summed E-state index contributed by atoms with van der Waals surface area (Å²) in [6.07, 6.45) is 8.31. The number of fused-ring (bicyclic) bond motifs is 3. The van der Waals surface area contributed by atoms with E-state index >= 15 is 0 Å². The van der Waals surface area contributed by atoms with Gasteiger partial charge in [-0.15, -0.1) is 0 Å². The van der Waals surface area contributed by atoms with Crippen molar-refractivity contribution in [2.24, 2.45) is 75.4 Å². The molecule has 54 heavy (non-hydrogen) atoms. The minimum atomic E-state index is 0.165. The first-order valence-corrected chi connectivity index (χ1v) is 22.4. The molecule has 12 atom stereocenters. The second kappa shape index (κ2) is 14.6. The van der Waals surface area contributed by atoms with Crippen LogP contribution in [-0.4, -0.2) is 0 Å². The van der Waals surface area contributed by atoms with Crippen molar-refractivity contribution in [1.82, 2.24) is 0 Å². The van der Waals surface area contributed by atoms with Gasteiger partial charge in [0.05, 0.1) is 0 Å². The number of benzene rings is 3. The van der Waals surface area contributed by atoms with Crippen LogP contribution in [0.3, 0.4) is 0 Å². The molecule has 0 aromatic heterocycles. The topological polar surface area (TPSA) is 0 Å². The summed E-state index contributed by atoms with van der Waals surface area (Å²) in [5.74, 6) is 9.49. The fraction of sp³-hybridized carbons (Fsp3) is 0.667. The van der Waals surface area contributed by atoms with Gasteiger partial charge in [0.25, 0.3) is 0 Å². The van der Waals surface area contributed by atoms with Crippen LogP contribution in [0.1, 0.15) is 169 Å². The molecule has 0 nitrogen and oxygen atoms in total. The Kier molecular flexibility index (Phi) is 10.7. The van der Waals surface area contributed by atoms with Gasteiger partial charge in [0.2, 0.25) is 0 Å². The van der Waals surface area contributed by atoms with Crippen molar-refractivity contribution >= 4 is 0 Å². The molecule has 3 aromatic rings. The molecule has 12 unspecified atom stereocenters. The lowest BCUT2D eigenvalue weighted by Crippen LogP contribution is -2.40. The van der Waals surface area contributed by atoms with Gasteiger partial charge in [0.1, 0.15) is 0 Å². The lowest BCUT2D eigenvalue weighted by molar-refractivity contribution is 0.0336. The third-order valence-electron chi connectivity index (χ3n) is 16.6. The third-order valence-corrected chi connectivity index (χ3v) is 16.6. The van der Waals surface area contributed by atoms with E-state index in [2.05, 4.69) is 175 Å². The molecule has 0 spiro atoms. The Morgan fingerprint density at radius 3 is 1.28 bits per heavy atom. The van der Waals surface area contributed by atoms with Crippen LogP contribution < -0.4 is 0 Å². The molecule has 0 aliphatic heterocycles. The van der Waals surface area contributed by atoms with E-state index in [1.807, 2.05) is 0 Å². The lowest BCUT2D eigenvalue weighted by Gasteiger charge is -2.49. The SMILES string of the molecule is CC1CC(C(C)(C)C)CC1C(c1ccc(C(C)(C)C)cc1)C1C2CC(c3ccccc3)C(C(C)(C)C)CC2C2CC(C(C)(C)C)C(c3ccccc3)CC21. The average molecular weight is 727 g/mol. The van der Waals surface area contributed by atoms with Crippen LogP contribution in [0.2, 0.25) is 0 Å². The van der Waals surface area contributed by atoms with Gasteiger partial charge in [-0.3, -0.25) is 0 Å². The fourth-order valence-corrected chi connectivity index (χ4v) is 13.7. The molecule has 0 amide bonds. The molecule has 4 aliphatic carbocycles. The molecular weight excluding hydrogens is 649 g/mol. The average Bonchev–Trinajstić information content (AvgIpc) is 3.65. The fourth-order valence-electron chi connectivity index (χ4n) is 13.7. The van der Waals surface area contributed by atoms with E-state index < -0.39 is 0 Å². The summed E-state index contributed by atoms with van der Waals surface area (Å²) >= 11 is 0. The van der Waals surface area contributed by atoms with E-state index in [9.17, 15) is 0 Å². The van der Waals surface area contributed by atoms with Crippen LogP contribution in [0, 0.1) is 75.4 Å². The van der Waals surface area contributed by atoms with E-state index in [0.29, 0.717) is 35.0 Å². The standard InChI is InChI=1S/C54H78/c1-34-28-39(52(5,6)7)29-40(34)49(37-24-26-38(27-25-37)51(2,3)4)50-45-30-41(35-20-16-14-17-21-35)47(53(8,9)10)32-43(45)44-33-48(54(11,12)13)42(31-46(44)50)36-22-18-15-19-23-36/h14-27,34,39-50H,28-33H2,1-13H3. The Balaban J connectivity index is 1.41. The smallest absolute Gasteiger partial charge is 0.00971 e. The molecule has 4 saturated carbocycles. The van der Waals surface area contributed by atoms with Gasteiger partial charge in [-0.1, -0.05) is 175 Å². The molecule has 7 rings (SSSR count). The molecule has 0 radical (unpaired) electrons. The molecule has 0 heteroatoms. The van der Waals surface area contributed by atoms with Gasteiger partial charge in [-0.25, -0.2) is 0 Å². The maximum absolute atomic E-state index is 2.66. The van der Waals surface area contributed by atoms with Gasteiger partial charge in [0.15, 0.2) is 0 Å². The van der Waals surface area contributed by atoms with Gasteiger partial charge in [-0.05, 0) is 159 Å². The summed E-state index contributed by atoms with van der Waals surface area (Å²) in [4.78, 5) is 0. The Labute approximate surface area is 333 Å². The van der Waals surface area contributed by atoms with E-state index in [0.717, 1.165) is 47.3 Å². The third kappa shape index (κ3) is 7.69. The predicted molar refractivity (Wildman–Crippen MR) is 233 cm³/mol. The Morgan fingerprint density at radius 2 is 0.907 bits per heavy atom. The Hall–Kier alpha value is -2.34. The maximum Gasteiger partial charge on any atom is -0.00971 e. The number of hydrogen-bond acceptors (Lipinski definition) is 0. The second-order valence-corrected chi connectivity index (χ2v) is 23.7. The van der Waals surface area contributed by atoms with Crippen molar-refractivity contribution in [3.63, 3.8) is 0 Å². The maximum atomic E-state index is 2.66. The van der Waals surface area contributed by atoms with Gasteiger partial charge >= 0.3 is 0 Å². The van der Waals surface area contributed by atoms with E-state index in [1.165, 1.54) is 44.1 Å². The Bertz CT molecular complexity index is 1590. The Morgan fingerprint density at radius 1 is 0.463 bits per heavy atom. The molecule has 0 saturated heterocycles. The zero-order valence-corrected chi connectivity index (χ0v) is 36.8. The van der Waals surface area contributed by atoms with Gasteiger partial charge < -0.3 is 0 Å². The first-order valence-electron chi connectivity index (χ1n) is 22.4. The molecule has 0 N–H and O–H groups in total. The first kappa shape index (κ1) is 39.9. The summed E-state index contributed by atoms with van der Waals surface area (Å²) in [7, 11) is 0. The summed E-state index contributed by atoms with van der Waals surface area (Å²) in [5.41, 5.74) is 7.44. The van der Waals surface area contributed by atoms with Gasteiger partial charge in [-0.2, -0.15) is 0 Å². The molecule has 0 bridgehead atoms. The largest absolute Gasteiger partial charge is 0.0622 e. The molecule has 3 aromatic carbocycles. The van der Waals surface area contributed by atoms with Crippen molar-refractivity contribution in [3.05, 3.63) is 107 Å². The van der Waals surface area contributed by atoms with E-state index in [4.69, 9.17) is 0 Å². The molecule has 4 aliphatic rings. The van der Waals surface area contributed by atoms with Crippen molar-refractivity contribution < 1.29 is 0 Å². The lowest BCUT2D eigenvalue weighted by atomic mass is 9.55. The number of hydrogen-bond donors (Lipinski definition) is 0. The zero-order chi connectivity index (χ0) is 39.0.